The largest absolute Gasteiger partial charge is 0.481 e. The Morgan fingerprint density at radius 2 is 1.63 bits per heavy atom. The third-order valence-corrected chi connectivity index (χ3v) is 6.57. The summed E-state index contributed by atoms with van der Waals surface area (Å²) in [5.74, 6) is -1.61. The summed E-state index contributed by atoms with van der Waals surface area (Å²) in [6, 6.07) is 26.5. The molecule has 0 amide bonds. The molecule has 1 N–H and O–H groups in total. The number of rotatable bonds is 14. The van der Waals surface area contributed by atoms with E-state index in [1.165, 1.54) is 6.21 Å². The Kier molecular flexibility index (Phi) is 10.3. The molecule has 0 aliphatic heterocycles. The molecule has 41 heavy (non-hydrogen) atoms. The number of para-hydroxylation sites is 1. The van der Waals surface area contributed by atoms with E-state index in [9.17, 15) is 14.7 Å². The summed E-state index contributed by atoms with van der Waals surface area (Å²) in [7, 11) is 0. The SMILES string of the molecule is CCOC(=O)c1c(-c2ccccc2)cn(Oc2ccccc2CC(CC=NOCc2ccccc2)C(=O)O)c1CC. The van der Waals surface area contributed by atoms with Gasteiger partial charge in [0.2, 0.25) is 0 Å². The van der Waals surface area contributed by atoms with E-state index < -0.39 is 17.9 Å². The Balaban J connectivity index is 1.55. The van der Waals surface area contributed by atoms with E-state index in [1.54, 1.807) is 23.9 Å². The van der Waals surface area contributed by atoms with Crippen molar-refractivity contribution < 1.29 is 29.1 Å². The molecule has 0 spiro atoms. The molecule has 0 bridgehead atoms. The summed E-state index contributed by atoms with van der Waals surface area (Å²) in [5.41, 5.74) is 4.37. The number of nitrogens with zero attached hydrogens (tertiary/aromatic N) is 2. The molecule has 0 aliphatic carbocycles. The lowest BCUT2D eigenvalue weighted by atomic mass is 9.96. The van der Waals surface area contributed by atoms with Crippen LogP contribution in [0.25, 0.3) is 11.1 Å². The summed E-state index contributed by atoms with van der Waals surface area (Å²) >= 11 is 0. The van der Waals surface area contributed by atoms with Crippen molar-refractivity contribution in [2.24, 2.45) is 11.1 Å². The predicted molar refractivity (Wildman–Crippen MR) is 157 cm³/mol. The van der Waals surface area contributed by atoms with Crippen LogP contribution in [0.4, 0.5) is 0 Å². The van der Waals surface area contributed by atoms with Crippen LogP contribution in [0.3, 0.4) is 0 Å². The summed E-state index contributed by atoms with van der Waals surface area (Å²) in [5, 5.41) is 13.9. The molecule has 0 saturated heterocycles. The van der Waals surface area contributed by atoms with Crippen LogP contribution in [-0.2, 0) is 33.8 Å². The lowest BCUT2D eigenvalue weighted by Crippen LogP contribution is -2.18. The standard InChI is InChI=1S/C33H34N2O6/c1-3-29-31(33(38)39-4-2)28(25-15-9-6-10-16-25)22-35(29)41-30-18-12-11-17-26(30)21-27(32(36)37)19-20-34-40-23-24-13-7-5-8-14-24/h5-18,20,22,27H,3-4,19,21,23H2,1-2H3,(H,36,37). The van der Waals surface area contributed by atoms with Gasteiger partial charge in [0.1, 0.15) is 6.61 Å². The topological polar surface area (TPSA) is 99.4 Å². The summed E-state index contributed by atoms with van der Waals surface area (Å²) < 4.78 is 6.97. The van der Waals surface area contributed by atoms with Gasteiger partial charge in [0.15, 0.2) is 5.75 Å². The molecule has 212 valence electrons. The first-order valence-corrected chi connectivity index (χ1v) is 13.6. The number of hydrogen-bond acceptors (Lipinski definition) is 6. The third-order valence-electron chi connectivity index (χ3n) is 6.57. The average Bonchev–Trinajstić information content (AvgIpc) is 3.36. The molecule has 1 aromatic heterocycles. The predicted octanol–water partition coefficient (Wildman–Crippen LogP) is 6.57. The highest BCUT2D eigenvalue weighted by molar-refractivity contribution is 5.98. The first kappa shape index (κ1) is 29.1. The first-order valence-electron chi connectivity index (χ1n) is 13.6. The average molecular weight is 555 g/mol. The second kappa shape index (κ2) is 14.5. The number of aromatic nitrogens is 1. The van der Waals surface area contributed by atoms with Gasteiger partial charge in [0, 0.05) is 11.8 Å². The van der Waals surface area contributed by atoms with Crippen molar-refractivity contribution >= 4 is 18.2 Å². The number of esters is 1. The van der Waals surface area contributed by atoms with Crippen LogP contribution >= 0.6 is 0 Å². The van der Waals surface area contributed by atoms with Gasteiger partial charge in [-0.05, 0) is 48.9 Å². The molecule has 1 atom stereocenters. The molecule has 8 nitrogen and oxygen atoms in total. The van der Waals surface area contributed by atoms with Crippen molar-refractivity contribution in [2.75, 3.05) is 6.61 Å². The van der Waals surface area contributed by atoms with E-state index in [0.717, 1.165) is 11.1 Å². The minimum Gasteiger partial charge on any atom is -0.481 e. The highest BCUT2D eigenvalue weighted by Gasteiger charge is 2.25. The Morgan fingerprint density at radius 3 is 2.32 bits per heavy atom. The molecular formula is C33H34N2O6. The lowest BCUT2D eigenvalue weighted by Gasteiger charge is -2.16. The molecule has 1 unspecified atom stereocenters. The highest BCUT2D eigenvalue weighted by atomic mass is 16.7. The smallest absolute Gasteiger partial charge is 0.340 e. The van der Waals surface area contributed by atoms with Gasteiger partial charge >= 0.3 is 11.9 Å². The molecule has 8 heteroatoms. The number of carboxylic acids is 1. The van der Waals surface area contributed by atoms with Crippen LogP contribution in [0, 0.1) is 5.92 Å². The van der Waals surface area contributed by atoms with Crippen molar-refractivity contribution in [1.82, 2.24) is 4.73 Å². The van der Waals surface area contributed by atoms with E-state index in [1.807, 2.05) is 85.8 Å². The number of carboxylic acid groups (broad SMARTS) is 1. The number of hydrogen-bond donors (Lipinski definition) is 1. The van der Waals surface area contributed by atoms with Gasteiger partial charge in [-0.15, -0.1) is 0 Å². The Hall–Kier alpha value is -4.85. The zero-order chi connectivity index (χ0) is 29.0. The Labute approximate surface area is 239 Å². The summed E-state index contributed by atoms with van der Waals surface area (Å²) in [6.45, 7) is 4.27. The Bertz CT molecular complexity index is 1460. The molecule has 3 aromatic carbocycles. The fourth-order valence-corrected chi connectivity index (χ4v) is 4.52. The van der Waals surface area contributed by atoms with Crippen molar-refractivity contribution in [3.63, 3.8) is 0 Å². The molecule has 4 rings (SSSR count). The monoisotopic (exact) mass is 554 g/mol. The van der Waals surface area contributed by atoms with Gasteiger partial charge in [0.25, 0.3) is 0 Å². The van der Waals surface area contributed by atoms with E-state index >= 15 is 0 Å². The molecule has 0 aliphatic rings. The van der Waals surface area contributed by atoms with Gasteiger partial charge in [-0.1, -0.05) is 90.9 Å². The van der Waals surface area contributed by atoms with E-state index in [2.05, 4.69) is 5.16 Å². The maximum Gasteiger partial charge on any atom is 0.340 e. The van der Waals surface area contributed by atoms with E-state index in [-0.39, 0.29) is 19.4 Å². The van der Waals surface area contributed by atoms with Crippen molar-refractivity contribution in [3.8, 4) is 16.9 Å². The Morgan fingerprint density at radius 1 is 0.951 bits per heavy atom. The minimum atomic E-state index is -0.944. The zero-order valence-electron chi connectivity index (χ0n) is 23.2. The number of ether oxygens (including phenoxy) is 1. The van der Waals surface area contributed by atoms with Crippen LogP contribution in [0.15, 0.2) is 96.3 Å². The van der Waals surface area contributed by atoms with Crippen LogP contribution in [0.2, 0.25) is 0 Å². The molecule has 0 saturated carbocycles. The van der Waals surface area contributed by atoms with E-state index in [0.29, 0.717) is 41.2 Å². The van der Waals surface area contributed by atoms with Crippen molar-refractivity contribution in [3.05, 3.63) is 114 Å². The molecule has 0 radical (unpaired) electrons. The maximum absolute atomic E-state index is 13.0. The third kappa shape index (κ3) is 7.63. The quantitative estimate of drug-likeness (QED) is 0.107. The van der Waals surface area contributed by atoms with Crippen LogP contribution < -0.4 is 4.84 Å². The fourth-order valence-electron chi connectivity index (χ4n) is 4.52. The number of carbonyl (C=O) groups excluding carboxylic acids is 1. The molecular weight excluding hydrogens is 520 g/mol. The second-order valence-electron chi connectivity index (χ2n) is 9.35. The summed E-state index contributed by atoms with van der Waals surface area (Å²) in [6.07, 6.45) is 4.19. The van der Waals surface area contributed by atoms with Gasteiger partial charge in [-0.2, -0.15) is 4.73 Å². The molecule has 1 heterocycles. The minimum absolute atomic E-state index is 0.188. The fraction of sp³-hybridized carbons (Fsp3) is 0.242. The van der Waals surface area contributed by atoms with Crippen molar-refractivity contribution in [1.29, 1.82) is 0 Å². The van der Waals surface area contributed by atoms with Crippen molar-refractivity contribution in [2.45, 2.75) is 39.7 Å². The summed E-state index contributed by atoms with van der Waals surface area (Å²) in [4.78, 5) is 36.8. The normalized spacial score (nSPS) is 11.8. The lowest BCUT2D eigenvalue weighted by molar-refractivity contribution is -0.141. The van der Waals surface area contributed by atoms with Gasteiger partial charge in [-0.25, -0.2) is 4.79 Å². The highest BCUT2D eigenvalue weighted by Crippen LogP contribution is 2.31. The number of carbonyl (C=O) groups is 2. The van der Waals surface area contributed by atoms with E-state index in [4.69, 9.17) is 14.4 Å². The maximum atomic E-state index is 13.0. The molecule has 0 fully saturated rings. The first-order chi connectivity index (χ1) is 20.0. The number of benzene rings is 3. The van der Waals surface area contributed by atoms with Crippen LogP contribution in [0.5, 0.6) is 5.75 Å². The van der Waals surface area contributed by atoms with Crippen LogP contribution in [-0.4, -0.2) is 34.6 Å². The second-order valence-corrected chi connectivity index (χ2v) is 9.35. The van der Waals surface area contributed by atoms with Gasteiger partial charge in [0.05, 0.1) is 30.0 Å². The van der Waals surface area contributed by atoms with Gasteiger partial charge in [-0.3, -0.25) is 4.79 Å². The number of oxime groups is 1. The number of aliphatic carboxylic acids is 1. The van der Waals surface area contributed by atoms with Gasteiger partial charge < -0.3 is 19.5 Å². The molecule has 4 aromatic rings. The van der Waals surface area contributed by atoms with Crippen LogP contribution in [0.1, 0.15) is 47.4 Å². The zero-order valence-corrected chi connectivity index (χ0v) is 23.2.